The number of aliphatic hydroxyl groups is 1. The van der Waals surface area contributed by atoms with Gasteiger partial charge in [-0.15, -0.1) is 0 Å². The van der Waals surface area contributed by atoms with Gasteiger partial charge in [0.25, 0.3) is 0 Å². The van der Waals surface area contributed by atoms with Crippen LogP contribution in [0.2, 0.25) is 0 Å². The minimum atomic E-state index is -0.285. The summed E-state index contributed by atoms with van der Waals surface area (Å²) in [5.41, 5.74) is 2.76. The van der Waals surface area contributed by atoms with Gasteiger partial charge in [-0.2, -0.15) is 0 Å². The van der Waals surface area contributed by atoms with Gasteiger partial charge in [-0.05, 0) is 41.7 Å². The molecule has 0 heterocycles. The van der Waals surface area contributed by atoms with Crippen LogP contribution in [0.4, 0.5) is 4.39 Å². The first-order valence-electron chi connectivity index (χ1n) is 5.59. The van der Waals surface area contributed by atoms with Gasteiger partial charge < -0.3 is 10.4 Å². The van der Waals surface area contributed by atoms with E-state index in [9.17, 15) is 9.18 Å². The van der Waals surface area contributed by atoms with Crippen molar-refractivity contribution in [3.8, 4) is 0 Å². The number of nitrogens with one attached hydrogen (secondary N) is 1. The maximum Gasteiger partial charge on any atom is 0.244 e. The van der Waals surface area contributed by atoms with Crippen LogP contribution in [0, 0.1) is 5.82 Å². The molecule has 4 heteroatoms. The molecule has 0 unspecified atom stereocenters. The van der Waals surface area contributed by atoms with Gasteiger partial charge in [0, 0.05) is 12.6 Å². The minimum Gasteiger partial charge on any atom is -0.395 e. The third-order valence-corrected chi connectivity index (χ3v) is 2.80. The van der Waals surface area contributed by atoms with Crippen molar-refractivity contribution < 1.29 is 14.3 Å². The molecule has 0 bridgehead atoms. The second-order valence-electron chi connectivity index (χ2n) is 3.99. The Morgan fingerprint density at radius 3 is 3.06 bits per heavy atom. The smallest absolute Gasteiger partial charge is 0.244 e. The highest BCUT2D eigenvalue weighted by Crippen LogP contribution is 2.32. The predicted molar refractivity (Wildman–Crippen MR) is 62.8 cm³/mol. The lowest BCUT2D eigenvalue weighted by Gasteiger charge is -2.02. The van der Waals surface area contributed by atoms with Crippen LogP contribution >= 0.6 is 0 Å². The van der Waals surface area contributed by atoms with Gasteiger partial charge in [0.05, 0.1) is 6.61 Å². The summed E-state index contributed by atoms with van der Waals surface area (Å²) < 4.78 is 13.1. The Kier molecular flexibility index (Phi) is 3.54. The average Bonchev–Trinajstić information content (AvgIpc) is 2.69. The number of aliphatic hydroxyl groups excluding tert-OH is 1. The maximum absolute atomic E-state index is 13.1. The molecule has 0 atom stereocenters. The van der Waals surface area contributed by atoms with E-state index in [1.807, 2.05) is 0 Å². The van der Waals surface area contributed by atoms with Gasteiger partial charge in [0.2, 0.25) is 5.91 Å². The Hall–Kier alpha value is -1.68. The molecule has 0 spiro atoms. The lowest BCUT2D eigenvalue weighted by Crippen LogP contribution is -2.24. The van der Waals surface area contributed by atoms with Crippen LogP contribution in [-0.4, -0.2) is 24.2 Å². The fraction of sp³-hybridized carbons (Fsp3) is 0.308. The highest BCUT2D eigenvalue weighted by atomic mass is 19.1. The molecule has 1 aromatic carbocycles. The number of halogens is 1. The monoisotopic (exact) mass is 235 g/mol. The van der Waals surface area contributed by atoms with E-state index in [-0.39, 0.29) is 24.9 Å². The Bertz CT molecular complexity index is 468. The van der Waals surface area contributed by atoms with E-state index < -0.39 is 0 Å². The van der Waals surface area contributed by atoms with Crippen molar-refractivity contribution in [2.24, 2.45) is 0 Å². The summed E-state index contributed by atoms with van der Waals surface area (Å²) in [7, 11) is 0. The third-order valence-electron chi connectivity index (χ3n) is 2.80. The topological polar surface area (TPSA) is 49.3 Å². The van der Waals surface area contributed by atoms with Gasteiger partial charge >= 0.3 is 0 Å². The second kappa shape index (κ2) is 5.10. The molecule has 2 N–H and O–H groups in total. The molecule has 0 radical (unpaired) electrons. The summed E-state index contributed by atoms with van der Waals surface area (Å²) in [6.07, 6.45) is 3.08. The first kappa shape index (κ1) is 11.8. The number of rotatable bonds is 3. The Morgan fingerprint density at radius 1 is 1.47 bits per heavy atom. The maximum atomic E-state index is 13.1. The summed E-state index contributed by atoms with van der Waals surface area (Å²) in [5, 5.41) is 11.1. The zero-order valence-corrected chi connectivity index (χ0v) is 9.37. The summed E-state index contributed by atoms with van der Waals surface area (Å²) in [6.45, 7) is 0.152. The lowest BCUT2D eigenvalue weighted by molar-refractivity contribution is -0.116. The number of fused-ring (bicyclic) bond motifs is 1. The van der Waals surface area contributed by atoms with Gasteiger partial charge in [-0.3, -0.25) is 4.79 Å². The highest BCUT2D eigenvalue weighted by molar-refractivity contribution is 5.96. The SMILES string of the molecule is O=C(/C=C1/CCc2ccc(F)cc21)NCCO. The van der Waals surface area contributed by atoms with E-state index in [1.54, 1.807) is 6.07 Å². The van der Waals surface area contributed by atoms with Crippen molar-refractivity contribution in [3.63, 3.8) is 0 Å². The Balaban J connectivity index is 2.18. The van der Waals surface area contributed by atoms with Crippen LogP contribution in [0.5, 0.6) is 0 Å². The summed E-state index contributed by atoms with van der Waals surface area (Å²) in [4.78, 5) is 11.5. The number of carbonyl (C=O) groups is 1. The zero-order chi connectivity index (χ0) is 12.3. The van der Waals surface area contributed by atoms with E-state index in [1.165, 1.54) is 18.2 Å². The molecule has 2 rings (SSSR count). The van der Waals surface area contributed by atoms with Crippen molar-refractivity contribution in [2.45, 2.75) is 12.8 Å². The van der Waals surface area contributed by atoms with E-state index in [4.69, 9.17) is 5.11 Å². The molecule has 0 aromatic heterocycles. The predicted octanol–water partition coefficient (Wildman–Crippen LogP) is 1.26. The first-order chi connectivity index (χ1) is 8.20. The summed E-state index contributed by atoms with van der Waals surface area (Å²) in [5.74, 6) is -0.529. The molecule has 1 aromatic rings. The number of hydrogen-bond acceptors (Lipinski definition) is 2. The standard InChI is InChI=1S/C13H14FNO2/c14-11-4-3-9-1-2-10(12(9)8-11)7-13(17)15-5-6-16/h3-4,7-8,16H,1-2,5-6H2,(H,15,17)/b10-7-. The number of carbonyl (C=O) groups excluding carboxylic acids is 1. The minimum absolute atomic E-state index is 0.0832. The molecular formula is C13H14FNO2. The van der Waals surface area contributed by atoms with Gasteiger partial charge in [0.1, 0.15) is 5.82 Å². The van der Waals surface area contributed by atoms with Crippen LogP contribution in [0.3, 0.4) is 0 Å². The molecular weight excluding hydrogens is 221 g/mol. The zero-order valence-electron chi connectivity index (χ0n) is 9.37. The van der Waals surface area contributed by atoms with Gasteiger partial charge in [-0.25, -0.2) is 4.39 Å². The number of allylic oxidation sites excluding steroid dienone is 1. The number of aryl methyl sites for hydroxylation is 1. The fourth-order valence-corrected chi connectivity index (χ4v) is 2.01. The average molecular weight is 235 g/mol. The molecule has 3 nitrogen and oxygen atoms in total. The van der Waals surface area contributed by atoms with Crippen LogP contribution in [-0.2, 0) is 11.2 Å². The molecule has 0 saturated carbocycles. The van der Waals surface area contributed by atoms with E-state index in [0.717, 1.165) is 29.5 Å². The molecule has 0 aliphatic heterocycles. The van der Waals surface area contributed by atoms with E-state index in [2.05, 4.69) is 5.32 Å². The van der Waals surface area contributed by atoms with Crippen molar-refractivity contribution in [1.29, 1.82) is 0 Å². The number of hydrogen-bond donors (Lipinski definition) is 2. The van der Waals surface area contributed by atoms with Crippen LogP contribution < -0.4 is 5.32 Å². The fourth-order valence-electron chi connectivity index (χ4n) is 2.01. The normalized spacial score (nSPS) is 16.0. The number of benzene rings is 1. The quantitative estimate of drug-likeness (QED) is 0.775. The van der Waals surface area contributed by atoms with E-state index >= 15 is 0 Å². The van der Waals surface area contributed by atoms with Crippen LogP contribution in [0.15, 0.2) is 24.3 Å². The Labute approximate surface area is 99.0 Å². The summed E-state index contributed by atoms with van der Waals surface area (Å²) in [6, 6.07) is 4.66. The van der Waals surface area contributed by atoms with Crippen molar-refractivity contribution in [3.05, 3.63) is 41.2 Å². The van der Waals surface area contributed by atoms with Crippen LogP contribution in [0.25, 0.3) is 5.57 Å². The van der Waals surface area contributed by atoms with Crippen molar-refractivity contribution in [2.75, 3.05) is 13.2 Å². The van der Waals surface area contributed by atoms with Crippen molar-refractivity contribution >= 4 is 11.5 Å². The highest BCUT2D eigenvalue weighted by Gasteiger charge is 2.17. The molecule has 0 fully saturated rings. The lowest BCUT2D eigenvalue weighted by atomic mass is 10.1. The molecule has 1 aliphatic carbocycles. The molecule has 90 valence electrons. The second-order valence-corrected chi connectivity index (χ2v) is 3.99. The molecule has 17 heavy (non-hydrogen) atoms. The molecule has 1 amide bonds. The van der Waals surface area contributed by atoms with Crippen LogP contribution in [0.1, 0.15) is 17.5 Å². The number of amides is 1. The molecule has 1 aliphatic rings. The van der Waals surface area contributed by atoms with Crippen molar-refractivity contribution in [1.82, 2.24) is 5.32 Å². The largest absolute Gasteiger partial charge is 0.395 e. The first-order valence-corrected chi connectivity index (χ1v) is 5.59. The van der Waals surface area contributed by atoms with Gasteiger partial charge in [0.15, 0.2) is 0 Å². The van der Waals surface area contributed by atoms with E-state index in [0.29, 0.717) is 0 Å². The third kappa shape index (κ3) is 2.71. The van der Waals surface area contributed by atoms with Gasteiger partial charge in [-0.1, -0.05) is 6.07 Å². The Morgan fingerprint density at radius 2 is 2.29 bits per heavy atom. The summed E-state index contributed by atoms with van der Waals surface area (Å²) >= 11 is 0. The molecule has 0 saturated heterocycles.